The van der Waals surface area contributed by atoms with Crippen molar-refractivity contribution in [3.05, 3.63) is 65.7 Å². The number of anilines is 1. The molecule has 158 valence electrons. The summed E-state index contributed by atoms with van der Waals surface area (Å²) in [6.07, 6.45) is 1.10. The van der Waals surface area contributed by atoms with Crippen molar-refractivity contribution in [1.29, 1.82) is 0 Å². The van der Waals surface area contributed by atoms with Gasteiger partial charge in [-0.1, -0.05) is 43.3 Å². The van der Waals surface area contributed by atoms with Gasteiger partial charge in [-0.25, -0.2) is 18.2 Å². The zero-order valence-electron chi connectivity index (χ0n) is 16.6. The van der Waals surface area contributed by atoms with Crippen LogP contribution < -0.4 is 4.72 Å². The molecule has 30 heavy (non-hydrogen) atoms. The van der Waals surface area contributed by atoms with Gasteiger partial charge in [-0.3, -0.25) is 9.52 Å². The molecule has 2 aromatic rings. The molecule has 9 heteroatoms. The third-order valence-corrected chi connectivity index (χ3v) is 5.86. The number of sulfonamides is 1. The number of rotatable bonds is 8. The van der Waals surface area contributed by atoms with Crippen LogP contribution in [0.3, 0.4) is 0 Å². The minimum Gasteiger partial charge on any atom is -0.452 e. The Hall–Kier alpha value is -3.20. The van der Waals surface area contributed by atoms with E-state index in [9.17, 15) is 18.0 Å². The fourth-order valence-corrected chi connectivity index (χ4v) is 4.09. The predicted octanol–water partition coefficient (Wildman–Crippen LogP) is 2.63. The Morgan fingerprint density at radius 2 is 1.90 bits per heavy atom. The van der Waals surface area contributed by atoms with Crippen molar-refractivity contribution in [3.8, 4) is 0 Å². The number of hydrazone groups is 1. The van der Waals surface area contributed by atoms with Gasteiger partial charge >= 0.3 is 5.97 Å². The van der Waals surface area contributed by atoms with E-state index in [-0.39, 0.29) is 17.0 Å². The van der Waals surface area contributed by atoms with Gasteiger partial charge in [0.25, 0.3) is 5.91 Å². The van der Waals surface area contributed by atoms with Crippen LogP contribution in [0.25, 0.3) is 0 Å². The van der Waals surface area contributed by atoms with Gasteiger partial charge in [0.05, 0.1) is 23.6 Å². The molecular formula is C21H23N3O5S. The first-order valence-electron chi connectivity index (χ1n) is 9.59. The van der Waals surface area contributed by atoms with Crippen molar-refractivity contribution < 1.29 is 22.7 Å². The van der Waals surface area contributed by atoms with Gasteiger partial charge in [0.1, 0.15) is 0 Å². The summed E-state index contributed by atoms with van der Waals surface area (Å²) in [5.41, 5.74) is 2.17. The lowest BCUT2D eigenvalue weighted by Crippen LogP contribution is -2.28. The van der Waals surface area contributed by atoms with E-state index >= 15 is 0 Å². The van der Waals surface area contributed by atoms with Crippen LogP contribution in [0.5, 0.6) is 0 Å². The molecule has 0 radical (unpaired) electrons. The van der Waals surface area contributed by atoms with Gasteiger partial charge in [0.15, 0.2) is 6.61 Å². The van der Waals surface area contributed by atoms with Crippen molar-refractivity contribution in [2.45, 2.75) is 19.8 Å². The average molecular weight is 429 g/mol. The summed E-state index contributed by atoms with van der Waals surface area (Å²) >= 11 is 0. The van der Waals surface area contributed by atoms with Gasteiger partial charge in [-0.15, -0.1) is 0 Å². The highest BCUT2D eigenvalue weighted by Gasteiger charge is 2.23. The van der Waals surface area contributed by atoms with E-state index in [0.717, 1.165) is 11.3 Å². The van der Waals surface area contributed by atoms with E-state index in [4.69, 9.17) is 4.74 Å². The molecule has 1 N–H and O–H groups in total. The molecule has 1 aliphatic rings. The second kappa shape index (κ2) is 9.53. The maximum Gasteiger partial charge on any atom is 0.338 e. The Labute approximate surface area is 175 Å². The highest BCUT2D eigenvalue weighted by Crippen LogP contribution is 2.16. The molecule has 0 bridgehead atoms. The first-order chi connectivity index (χ1) is 14.4. The summed E-state index contributed by atoms with van der Waals surface area (Å²) in [5.74, 6) is -1.15. The van der Waals surface area contributed by atoms with Gasteiger partial charge in [0.2, 0.25) is 10.0 Å². The maximum absolute atomic E-state index is 12.3. The first-order valence-corrected chi connectivity index (χ1v) is 11.2. The number of nitrogens with zero attached hydrogens (tertiary/aromatic N) is 2. The molecule has 0 saturated carbocycles. The van der Waals surface area contributed by atoms with E-state index in [1.165, 1.54) is 17.1 Å². The van der Waals surface area contributed by atoms with Crippen LogP contribution in [0.4, 0.5) is 5.69 Å². The highest BCUT2D eigenvalue weighted by molar-refractivity contribution is 7.92. The number of esters is 1. The maximum atomic E-state index is 12.3. The van der Waals surface area contributed by atoms with Gasteiger partial charge < -0.3 is 4.74 Å². The number of hydrogen-bond donors (Lipinski definition) is 1. The molecule has 0 spiro atoms. The van der Waals surface area contributed by atoms with Gasteiger partial charge in [0, 0.05) is 12.1 Å². The van der Waals surface area contributed by atoms with E-state index in [1.54, 1.807) is 19.1 Å². The first kappa shape index (κ1) is 21.5. The number of benzene rings is 2. The molecule has 0 saturated heterocycles. The molecule has 1 heterocycles. The molecule has 0 aliphatic carbocycles. The molecule has 3 rings (SSSR count). The van der Waals surface area contributed by atoms with Crippen molar-refractivity contribution in [2.24, 2.45) is 5.10 Å². The van der Waals surface area contributed by atoms with E-state index in [1.807, 2.05) is 30.3 Å². The van der Waals surface area contributed by atoms with Crippen LogP contribution in [0.15, 0.2) is 59.7 Å². The Morgan fingerprint density at radius 3 is 2.63 bits per heavy atom. The monoisotopic (exact) mass is 429 g/mol. The number of amides is 1. The summed E-state index contributed by atoms with van der Waals surface area (Å²) in [7, 11) is -3.47. The number of carbonyl (C=O) groups excluding carboxylic acids is 2. The average Bonchev–Trinajstić information content (AvgIpc) is 3.22. The lowest BCUT2D eigenvalue weighted by atomic mass is 10.1. The van der Waals surface area contributed by atoms with Crippen molar-refractivity contribution in [3.63, 3.8) is 0 Å². The molecule has 0 aromatic heterocycles. The van der Waals surface area contributed by atoms with Gasteiger partial charge in [-0.2, -0.15) is 5.10 Å². The fourth-order valence-electron chi connectivity index (χ4n) is 2.96. The van der Waals surface area contributed by atoms with E-state index in [0.29, 0.717) is 19.4 Å². The summed E-state index contributed by atoms with van der Waals surface area (Å²) in [6, 6.07) is 15.5. The minimum absolute atomic E-state index is 0.0164. The number of nitrogens with one attached hydrogen (secondary N) is 1. The second-order valence-corrected chi connectivity index (χ2v) is 8.60. The Bertz CT molecular complexity index is 1050. The van der Waals surface area contributed by atoms with Crippen molar-refractivity contribution in [2.75, 3.05) is 23.6 Å². The van der Waals surface area contributed by atoms with Crippen LogP contribution in [0.1, 0.15) is 35.7 Å². The topological polar surface area (TPSA) is 105 Å². The standard InChI is InChI=1S/C21H23N3O5S/c1-2-13-30(27,28)23-18-10-6-9-17(14-18)21(26)29-15-20(25)24-12-11-19(22-24)16-7-4-3-5-8-16/h3-10,14,23H,2,11-13,15H2,1H3. The third kappa shape index (κ3) is 5.66. The van der Waals surface area contributed by atoms with Crippen LogP contribution >= 0.6 is 0 Å². The number of hydrogen-bond acceptors (Lipinski definition) is 6. The summed E-state index contributed by atoms with van der Waals surface area (Å²) in [6.45, 7) is 1.74. The van der Waals surface area contributed by atoms with Crippen LogP contribution in [0.2, 0.25) is 0 Å². The highest BCUT2D eigenvalue weighted by atomic mass is 32.2. The Balaban J connectivity index is 1.57. The SMILES string of the molecule is CCCS(=O)(=O)Nc1cccc(C(=O)OCC(=O)N2CCC(c3ccccc3)=N2)c1. The van der Waals surface area contributed by atoms with Crippen LogP contribution in [-0.4, -0.2) is 49.9 Å². The smallest absolute Gasteiger partial charge is 0.338 e. The summed E-state index contributed by atoms with van der Waals surface area (Å²) in [4.78, 5) is 24.6. The zero-order valence-corrected chi connectivity index (χ0v) is 17.4. The Kier molecular flexibility index (Phi) is 6.83. The van der Waals surface area contributed by atoms with Crippen molar-refractivity contribution >= 4 is 33.3 Å². The second-order valence-electron chi connectivity index (χ2n) is 6.76. The van der Waals surface area contributed by atoms with Crippen molar-refractivity contribution in [1.82, 2.24) is 5.01 Å². The number of ether oxygens (including phenoxy) is 1. The summed E-state index contributed by atoms with van der Waals surface area (Å²) in [5, 5.41) is 5.61. The fraction of sp³-hybridized carbons (Fsp3) is 0.286. The Morgan fingerprint density at radius 1 is 1.13 bits per heavy atom. The van der Waals surface area contributed by atoms with E-state index in [2.05, 4.69) is 9.82 Å². The molecule has 2 aromatic carbocycles. The largest absolute Gasteiger partial charge is 0.452 e. The van der Waals surface area contributed by atoms with E-state index < -0.39 is 28.5 Å². The quantitative estimate of drug-likeness (QED) is 0.650. The minimum atomic E-state index is -3.47. The molecule has 1 amide bonds. The molecule has 0 atom stereocenters. The molecule has 1 aliphatic heterocycles. The molecule has 0 fully saturated rings. The van der Waals surface area contributed by atoms with Gasteiger partial charge in [-0.05, 0) is 30.2 Å². The van der Waals surface area contributed by atoms with Crippen LogP contribution in [0, 0.1) is 0 Å². The molecular weight excluding hydrogens is 406 g/mol. The third-order valence-electron chi connectivity index (χ3n) is 4.37. The zero-order chi connectivity index (χ0) is 21.6. The lowest BCUT2D eigenvalue weighted by Gasteiger charge is -2.12. The predicted molar refractivity (Wildman–Crippen MR) is 114 cm³/mol. The molecule has 0 unspecified atom stereocenters. The summed E-state index contributed by atoms with van der Waals surface area (Å²) < 4.78 is 31.3. The normalized spacial score (nSPS) is 13.6. The number of carbonyl (C=O) groups is 2. The molecule has 8 nitrogen and oxygen atoms in total. The lowest BCUT2D eigenvalue weighted by molar-refractivity contribution is -0.134. The van der Waals surface area contributed by atoms with Crippen LogP contribution in [-0.2, 0) is 19.6 Å².